The van der Waals surface area contributed by atoms with Gasteiger partial charge in [-0.15, -0.1) is 22.7 Å². The Kier molecular flexibility index (Phi) is 6.13. The summed E-state index contributed by atoms with van der Waals surface area (Å²) < 4.78 is 6.90. The normalized spacial score (nSPS) is 10.5. The fourth-order valence-corrected chi connectivity index (χ4v) is 4.48. The second kappa shape index (κ2) is 7.67. The molecule has 0 saturated carbocycles. The van der Waals surface area contributed by atoms with E-state index in [1.807, 2.05) is 6.92 Å². The molecule has 2 aromatic rings. The third-order valence-electron chi connectivity index (χ3n) is 2.66. The molecule has 0 aliphatic rings. The van der Waals surface area contributed by atoms with Gasteiger partial charge in [0.05, 0.1) is 9.48 Å². The molecule has 2 rings (SSSR count). The molecule has 0 saturated heterocycles. The number of ether oxygens (including phenoxy) is 1. The lowest BCUT2D eigenvalue weighted by atomic mass is 10.4. The number of halogens is 2. The number of esters is 1. The molecule has 9 heteroatoms. The summed E-state index contributed by atoms with van der Waals surface area (Å²) in [6, 6.07) is 1.71. The summed E-state index contributed by atoms with van der Waals surface area (Å²) in [6.45, 7) is 4.02. The van der Waals surface area contributed by atoms with Crippen LogP contribution in [-0.2, 0) is 16.1 Å². The van der Waals surface area contributed by atoms with Gasteiger partial charge in [0, 0.05) is 23.3 Å². The minimum Gasteiger partial charge on any atom is -0.455 e. The summed E-state index contributed by atoms with van der Waals surface area (Å²) in [7, 11) is 0. The Bertz CT molecular complexity index is 680. The monoisotopic (exact) mass is 466 g/mol. The number of thiophene rings is 1. The third kappa shape index (κ3) is 4.15. The van der Waals surface area contributed by atoms with E-state index < -0.39 is 5.97 Å². The van der Waals surface area contributed by atoms with Gasteiger partial charge >= 0.3 is 5.97 Å². The first-order valence-electron chi connectivity index (χ1n) is 6.26. The molecule has 0 unspecified atom stereocenters. The lowest BCUT2D eigenvalue weighted by Crippen LogP contribution is -2.27. The average molecular weight is 468 g/mol. The van der Waals surface area contributed by atoms with Crippen LogP contribution in [0.5, 0.6) is 0 Å². The number of rotatable bonds is 5. The molecule has 0 atom stereocenters. The number of hydrogen-bond donors (Lipinski definition) is 0. The van der Waals surface area contributed by atoms with E-state index in [4.69, 9.17) is 4.74 Å². The quantitative estimate of drug-likeness (QED) is 0.609. The molecular formula is C13H12Br2N2O3S2. The predicted octanol–water partition coefficient (Wildman–Crippen LogP) is 4.46. The van der Waals surface area contributed by atoms with Crippen molar-refractivity contribution in [1.82, 2.24) is 4.98 Å². The van der Waals surface area contributed by atoms with E-state index in [2.05, 4.69) is 36.8 Å². The zero-order valence-corrected chi connectivity index (χ0v) is 16.6. The van der Waals surface area contributed by atoms with Crippen LogP contribution in [0.2, 0.25) is 0 Å². The van der Waals surface area contributed by atoms with Gasteiger partial charge in [0.25, 0.3) is 0 Å². The molecule has 0 N–H and O–H groups in total. The van der Waals surface area contributed by atoms with Crippen molar-refractivity contribution in [1.29, 1.82) is 0 Å². The first-order chi connectivity index (χ1) is 10.4. The van der Waals surface area contributed by atoms with E-state index in [0.29, 0.717) is 22.2 Å². The van der Waals surface area contributed by atoms with Crippen LogP contribution in [0.3, 0.4) is 0 Å². The molecular weight excluding hydrogens is 456 g/mol. The maximum absolute atomic E-state index is 11.9. The Morgan fingerprint density at radius 2 is 2.14 bits per heavy atom. The van der Waals surface area contributed by atoms with Crippen LogP contribution < -0.4 is 4.90 Å². The molecule has 0 radical (unpaired) electrons. The number of carbonyl (C=O) groups is 2. The smallest absolute Gasteiger partial charge is 0.348 e. The lowest BCUT2D eigenvalue weighted by molar-refractivity contribution is -0.116. The second-order valence-electron chi connectivity index (χ2n) is 4.19. The first kappa shape index (κ1) is 17.6. The largest absolute Gasteiger partial charge is 0.455 e. The summed E-state index contributed by atoms with van der Waals surface area (Å²) in [5.74, 6) is -0.460. The van der Waals surface area contributed by atoms with Crippen molar-refractivity contribution in [2.75, 3.05) is 11.4 Å². The molecule has 1 amide bonds. The van der Waals surface area contributed by atoms with Crippen molar-refractivity contribution in [3.63, 3.8) is 0 Å². The van der Waals surface area contributed by atoms with Gasteiger partial charge < -0.3 is 4.74 Å². The summed E-state index contributed by atoms with van der Waals surface area (Å²) in [4.78, 5) is 29.8. The summed E-state index contributed by atoms with van der Waals surface area (Å²) in [5.41, 5.74) is 0.628. The highest BCUT2D eigenvalue weighted by Crippen LogP contribution is 2.32. The molecule has 2 heterocycles. The van der Waals surface area contributed by atoms with Gasteiger partial charge in [-0.3, -0.25) is 9.69 Å². The highest BCUT2D eigenvalue weighted by atomic mass is 79.9. The molecule has 0 aromatic carbocycles. The fourth-order valence-electron chi connectivity index (χ4n) is 1.64. The number of aromatic nitrogens is 1. The third-order valence-corrected chi connectivity index (χ3v) is 6.81. The van der Waals surface area contributed by atoms with E-state index >= 15 is 0 Å². The zero-order chi connectivity index (χ0) is 16.3. The maximum atomic E-state index is 11.9. The van der Waals surface area contributed by atoms with Crippen molar-refractivity contribution < 1.29 is 14.3 Å². The molecule has 0 spiro atoms. The summed E-state index contributed by atoms with van der Waals surface area (Å²) in [6.07, 6.45) is 0. The minimum absolute atomic E-state index is 0.0614. The van der Waals surface area contributed by atoms with Crippen molar-refractivity contribution in [3.05, 3.63) is 30.3 Å². The van der Waals surface area contributed by atoms with Crippen LogP contribution in [0.15, 0.2) is 19.7 Å². The topological polar surface area (TPSA) is 59.5 Å². The van der Waals surface area contributed by atoms with Gasteiger partial charge in [-0.1, -0.05) is 0 Å². The highest BCUT2D eigenvalue weighted by molar-refractivity contribution is 9.13. The molecule has 0 aliphatic heterocycles. The fraction of sp³-hybridized carbons (Fsp3) is 0.308. The van der Waals surface area contributed by atoms with Gasteiger partial charge in [0.2, 0.25) is 5.91 Å². The Morgan fingerprint density at radius 3 is 2.68 bits per heavy atom. The number of amides is 1. The van der Waals surface area contributed by atoms with Crippen molar-refractivity contribution in [2.24, 2.45) is 0 Å². The van der Waals surface area contributed by atoms with Crippen LogP contribution in [0.25, 0.3) is 0 Å². The number of thiazole rings is 1. The van der Waals surface area contributed by atoms with Crippen LogP contribution in [0.1, 0.15) is 29.2 Å². The van der Waals surface area contributed by atoms with Crippen molar-refractivity contribution >= 4 is 71.5 Å². The van der Waals surface area contributed by atoms with Crippen molar-refractivity contribution in [3.8, 4) is 0 Å². The maximum Gasteiger partial charge on any atom is 0.348 e. The molecule has 5 nitrogen and oxygen atoms in total. The molecule has 22 heavy (non-hydrogen) atoms. The van der Waals surface area contributed by atoms with Crippen LogP contribution in [0.4, 0.5) is 5.13 Å². The zero-order valence-electron chi connectivity index (χ0n) is 11.8. The highest BCUT2D eigenvalue weighted by Gasteiger charge is 2.16. The number of anilines is 1. The molecule has 2 aromatic heterocycles. The molecule has 0 bridgehead atoms. The van der Waals surface area contributed by atoms with Crippen LogP contribution in [0, 0.1) is 0 Å². The Labute approximate surface area is 152 Å². The number of carbonyl (C=O) groups excluding carboxylic acids is 2. The van der Waals surface area contributed by atoms with Crippen LogP contribution >= 0.6 is 54.5 Å². The Hall–Kier alpha value is -0.770. The van der Waals surface area contributed by atoms with Gasteiger partial charge in [-0.25, -0.2) is 9.78 Å². The van der Waals surface area contributed by atoms with Gasteiger partial charge in [0.1, 0.15) is 11.5 Å². The Morgan fingerprint density at radius 1 is 1.41 bits per heavy atom. The summed E-state index contributed by atoms with van der Waals surface area (Å²) in [5, 5.41) is 2.40. The van der Waals surface area contributed by atoms with E-state index in [9.17, 15) is 9.59 Å². The first-order valence-corrected chi connectivity index (χ1v) is 9.55. The summed E-state index contributed by atoms with van der Waals surface area (Å²) >= 11 is 9.32. The van der Waals surface area contributed by atoms with Crippen molar-refractivity contribution in [2.45, 2.75) is 20.5 Å². The number of hydrogen-bond acceptors (Lipinski definition) is 6. The Balaban J connectivity index is 1.99. The van der Waals surface area contributed by atoms with Crippen LogP contribution in [-0.4, -0.2) is 23.4 Å². The van der Waals surface area contributed by atoms with E-state index in [1.54, 1.807) is 16.3 Å². The number of nitrogens with zero attached hydrogens (tertiary/aromatic N) is 2. The van der Waals surface area contributed by atoms with E-state index in [0.717, 1.165) is 8.26 Å². The molecule has 118 valence electrons. The van der Waals surface area contributed by atoms with E-state index in [1.165, 1.54) is 29.6 Å². The van der Waals surface area contributed by atoms with Gasteiger partial charge in [0.15, 0.2) is 5.13 Å². The van der Waals surface area contributed by atoms with Gasteiger partial charge in [-0.2, -0.15) is 0 Å². The average Bonchev–Trinajstić information content (AvgIpc) is 3.05. The molecule has 0 aliphatic carbocycles. The van der Waals surface area contributed by atoms with E-state index in [-0.39, 0.29) is 12.5 Å². The lowest BCUT2D eigenvalue weighted by Gasteiger charge is -2.14. The minimum atomic E-state index is -0.398. The second-order valence-corrected chi connectivity index (χ2v) is 8.25. The predicted molar refractivity (Wildman–Crippen MR) is 94.7 cm³/mol. The molecule has 0 fully saturated rings. The standard InChI is InChI=1S/C13H12Br2N2O3S2/c1-3-17(7(2)18)13-16-8(6-21-13)5-20-12(19)10-4-9(14)11(15)22-10/h4,6H,3,5H2,1-2H3. The van der Waals surface area contributed by atoms with Gasteiger partial charge in [-0.05, 0) is 44.8 Å². The SMILES string of the molecule is CCN(C(C)=O)c1nc(COC(=O)c2cc(Br)c(Br)s2)cs1.